The lowest BCUT2D eigenvalue weighted by atomic mass is 10.1. The van der Waals surface area contributed by atoms with E-state index in [9.17, 15) is 4.79 Å². The van der Waals surface area contributed by atoms with Crippen molar-refractivity contribution >= 4 is 29.3 Å². The first kappa shape index (κ1) is 14.8. The molecule has 1 amide bonds. The lowest BCUT2D eigenvalue weighted by Gasteiger charge is -2.14. The first-order valence-electron chi connectivity index (χ1n) is 5.96. The van der Waals surface area contributed by atoms with E-state index in [2.05, 4.69) is 20.8 Å². The van der Waals surface area contributed by atoms with E-state index >= 15 is 0 Å². The van der Waals surface area contributed by atoms with Crippen LogP contribution in [0.2, 0.25) is 5.02 Å². The van der Waals surface area contributed by atoms with Crippen molar-refractivity contribution in [2.75, 3.05) is 5.75 Å². The predicted molar refractivity (Wildman–Crippen MR) is 77.5 cm³/mol. The molecule has 6 nitrogen and oxygen atoms in total. The van der Waals surface area contributed by atoms with Gasteiger partial charge in [0.1, 0.15) is 0 Å². The van der Waals surface area contributed by atoms with Gasteiger partial charge >= 0.3 is 0 Å². The predicted octanol–water partition coefficient (Wildman–Crippen LogP) is 1.83. The van der Waals surface area contributed by atoms with Crippen LogP contribution in [0, 0.1) is 0 Å². The molecule has 0 bridgehead atoms. The van der Waals surface area contributed by atoms with Gasteiger partial charge in [0.05, 0.1) is 11.8 Å². The van der Waals surface area contributed by atoms with Crippen molar-refractivity contribution in [2.24, 2.45) is 7.05 Å². The van der Waals surface area contributed by atoms with Crippen LogP contribution in [-0.4, -0.2) is 31.9 Å². The molecular weight excluding hydrogens is 298 g/mol. The van der Waals surface area contributed by atoms with Crippen LogP contribution in [0.3, 0.4) is 0 Å². The maximum absolute atomic E-state index is 11.9. The van der Waals surface area contributed by atoms with Crippen molar-refractivity contribution in [1.29, 1.82) is 0 Å². The van der Waals surface area contributed by atoms with Crippen LogP contribution in [0.1, 0.15) is 18.5 Å². The second kappa shape index (κ2) is 6.71. The summed E-state index contributed by atoms with van der Waals surface area (Å²) in [6.45, 7) is 1.91. The number of nitrogens with zero attached hydrogens (tertiary/aromatic N) is 4. The largest absolute Gasteiger partial charge is 0.349 e. The molecule has 0 aliphatic heterocycles. The molecule has 1 heterocycles. The Morgan fingerprint density at radius 1 is 1.55 bits per heavy atom. The van der Waals surface area contributed by atoms with E-state index < -0.39 is 0 Å². The number of amides is 1. The summed E-state index contributed by atoms with van der Waals surface area (Å²) in [6.07, 6.45) is 0. The Morgan fingerprint density at radius 2 is 2.35 bits per heavy atom. The number of aryl methyl sites for hydroxylation is 1. The lowest BCUT2D eigenvalue weighted by molar-refractivity contribution is -0.119. The van der Waals surface area contributed by atoms with Gasteiger partial charge in [-0.3, -0.25) is 4.79 Å². The van der Waals surface area contributed by atoms with Crippen molar-refractivity contribution in [1.82, 2.24) is 25.5 Å². The van der Waals surface area contributed by atoms with Crippen LogP contribution in [0.15, 0.2) is 29.4 Å². The molecule has 0 aliphatic carbocycles. The molecule has 106 valence electrons. The maximum Gasteiger partial charge on any atom is 0.230 e. The van der Waals surface area contributed by atoms with Gasteiger partial charge in [0.25, 0.3) is 0 Å². The minimum Gasteiger partial charge on any atom is -0.349 e. The minimum atomic E-state index is -0.0978. The normalized spacial score (nSPS) is 12.2. The fourth-order valence-corrected chi connectivity index (χ4v) is 2.48. The average Bonchev–Trinajstić information content (AvgIpc) is 2.82. The van der Waals surface area contributed by atoms with Crippen molar-refractivity contribution in [3.63, 3.8) is 0 Å². The zero-order valence-electron chi connectivity index (χ0n) is 11.1. The van der Waals surface area contributed by atoms with Gasteiger partial charge in [0.2, 0.25) is 11.1 Å². The van der Waals surface area contributed by atoms with E-state index in [1.54, 1.807) is 13.1 Å². The summed E-state index contributed by atoms with van der Waals surface area (Å²) in [4.78, 5) is 11.9. The summed E-state index contributed by atoms with van der Waals surface area (Å²) in [5.74, 6) is 0.185. The molecule has 8 heteroatoms. The molecule has 0 saturated carbocycles. The fraction of sp³-hybridized carbons (Fsp3) is 0.333. The smallest absolute Gasteiger partial charge is 0.230 e. The molecule has 1 N–H and O–H groups in total. The van der Waals surface area contributed by atoms with Gasteiger partial charge in [-0.05, 0) is 35.0 Å². The van der Waals surface area contributed by atoms with Gasteiger partial charge in [-0.2, -0.15) is 0 Å². The highest BCUT2D eigenvalue weighted by atomic mass is 35.5. The molecular formula is C12H14ClN5OS. The molecule has 1 aromatic heterocycles. The first-order chi connectivity index (χ1) is 9.56. The van der Waals surface area contributed by atoms with Gasteiger partial charge in [0.15, 0.2) is 0 Å². The molecule has 2 aromatic rings. The summed E-state index contributed by atoms with van der Waals surface area (Å²) in [5.41, 5.74) is 0.969. The van der Waals surface area contributed by atoms with E-state index in [1.165, 1.54) is 16.4 Å². The Balaban J connectivity index is 1.87. The number of tetrazole rings is 1. The highest BCUT2D eigenvalue weighted by molar-refractivity contribution is 7.99. The number of aromatic nitrogens is 4. The molecule has 1 aromatic carbocycles. The molecule has 0 fully saturated rings. The highest BCUT2D eigenvalue weighted by Gasteiger charge is 2.12. The fourth-order valence-electron chi connectivity index (χ4n) is 1.62. The number of benzene rings is 1. The first-order valence-corrected chi connectivity index (χ1v) is 7.32. The van der Waals surface area contributed by atoms with Crippen LogP contribution < -0.4 is 5.32 Å². The number of thioether (sulfide) groups is 1. The van der Waals surface area contributed by atoms with Gasteiger partial charge in [0, 0.05) is 12.1 Å². The van der Waals surface area contributed by atoms with Crippen LogP contribution >= 0.6 is 23.4 Å². The van der Waals surface area contributed by atoms with E-state index in [-0.39, 0.29) is 17.7 Å². The quantitative estimate of drug-likeness (QED) is 0.853. The van der Waals surface area contributed by atoms with Crippen molar-refractivity contribution in [2.45, 2.75) is 18.1 Å². The van der Waals surface area contributed by atoms with Gasteiger partial charge in [-0.1, -0.05) is 35.5 Å². The molecule has 0 saturated heterocycles. The minimum absolute atomic E-state index is 0.0783. The summed E-state index contributed by atoms with van der Waals surface area (Å²) in [7, 11) is 1.73. The third-order valence-corrected chi connectivity index (χ3v) is 3.89. The molecule has 0 aliphatic rings. The van der Waals surface area contributed by atoms with Crippen LogP contribution in [0.5, 0.6) is 0 Å². The summed E-state index contributed by atoms with van der Waals surface area (Å²) in [5, 5.41) is 15.2. The highest BCUT2D eigenvalue weighted by Crippen LogP contribution is 2.18. The van der Waals surface area contributed by atoms with Crippen molar-refractivity contribution < 1.29 is 4.79 Å². The van der Waals surface area contributed by atoms with Gasteiger partial charge in [-0.25, -0.2) is 4.68 Å². The molecule has 0 unspecified atom stereocenters. The Morgan fingerprint density at radius 3 is 3.00 bits per heavy atom. The molecule has 2 rings (SSSR count). The average molecular weight is 312 g/mol. The van der Waals surface area contributed by atoms with Crippen molar-refractivity contribution in [3.05, 3.63) is 34.9 Å². The van der Waals surface area contributed by atoms with Gasteiger partial charge in [-0.15, -0.1) is 5.10 Å². The summed E-state index contributed by atoms with van der Waals surface area (Å²) < 4.78 is 1.53. The van der Waals surface area contributed by atoms with E-state index in [0.29, 0.717) is 10.2 Å². The lowest BCUT2D eigenvalue weighted by Crippen LogP contribution is -2.28. The number of hydrogen-bond donors (Lipinski definition) is 1. The standard InChI is InChI=1S/C12H14ClN5OS/c1-8(9-4-3-5-10(13)6-9)14-11(19)7-20-12-15-16-17-18(12)2/h3-6,8H,7H2,1-2H3,(H,14,19)/t8-/m1/s1. The van der Waals surface area contributed by atoms with Crippen LogP contribution in [0.4, 0.5) is 0 Å². The SMILES string of the molecule is C[C@@H](NC(=O)CSc1nnnn1C)c1cccc(Cl)c1. The molecule has 20 heavy (non-hydrogen) atoms. The third-order valence-electron chi connectivity index (χ3n) is 2.64. The molecule has 0 spiro atoms. The number of carbonyl (C=O) groups excluding carboxylic acids is 1. The maximum atomic E-state index is 11.9. The topological polar surface area (TPSA) is 72.7 Å². The number of rotatable bonds is 5. The summed E-state index contributed by atoms with van der Waals surface area (Å²) >= 11 is 7.22. The summed E-state index contributed by atoms with van der Waals surface area (Å²) in [6, 6.07) is 7.33. The second-order valence-corrected chi connectivity index (χ2v) is 5.60. The van der Waals surface area contributed by atoms with Gasteiger partial charge < -0.3 is 5.32 Å². The number of carbonyl (C=O) groups is 1. The Kier molecular flexibility index (Phi) is 4.97. The van der Waals surface area contributed by atoms with Crippen molar-refractivity contribution in [3.8, 4) is 0 Å². The Hall–Kier alpha value is -1.60. The van der Waals surface area contributed by atoms with E-state index in [4.69, 9.17) is 11.6 Å². The van der Waals surface area contributed by atoms with E-state index in [0.717, 1.165) is 5.56 Å². The Labute approximate surface area is 125 Å². The Bertz CT molecular complexity index is 603. The monoisotopic (exact) mass is 311 g/mol. The van der Waals surface area contributed by atoms with Crippen LogP contribution in [-0.2, 0) is 11.8 Å². The van der Waals surface area contributed by atoms with E-state index in [1.807, 2.05) is 25.1 Å². The molecule has 0 radical (unpaired) electrons. The third kappa shape index (κ3) is 3.94. The number of nitrogens with one attached hydrogen (secondary N) is 1. The zero-order valence-corrected chi connectivity index (χ0v) is 12.6. The van der Waals surface area contributed by atoms with Crippen LogP contribution in [0.25, 0.3) is 0 Å². The second-order valence-electron chi connectivity index (χ2n) is 4.22. The number of halogens is 1. The molecule has 1 atom stereocenters. The zero-order chi connectivity index (χ0) is 14.5. The number of hydrogen-bond acceptors (Lipinski definition) is 5.